The monoisotopic (exact) mass is 148 g/mol. The molecule has 0 bridgehead atoms. The van der Waals surface area contributed by atoms with E-state index in [2.05, 4.69) is 31.7 Å². The van der Waals surface area contributed by atoms with Crippen molar-refractivity contribution in [3.8, 4) is 0 Å². The Morgan fingerprint density at radius 2 is 2.36 bits per heavy atom. The van der Waals surface area contributed by atoms with Crippen LogP contribution in [0.4, 0.5) is 0 Å². The van der Waals surface area contributed by atoms with Crippen molar-refractivity contribution < 1.29 is 0 Å². The number of allylic oxidation sites excluding steroid dienone is 3. The van der Waals surface area contributed by atoms with Crippen LogP contribution in [0.3, 0.4) is 0 Å². The van der Waals surface area contributed by atoms with Crippen LogP contribution in [0.5, 0.6) is 0 Å². The molecule has 0 amide bonds. The molecule has 0 saturated heterocycles. The second kappa shape index (κ2) is 2.51. The maximum Gasteiger partial charge on any atom is -0.0137 e. The van der Waals surface area contributed by atoms with E-state index in [0.29, 0.717) is 0 Å². The lowest BCUT2D eigenvalue weighted by Crippen LogP contribution is -2.08. The molecule has 0 aromatic carbocycles. The SMILES string of the molecule is C=CC1CC(C)C2CC=CC12. The summed E-state index contributed by atoms with van der Waals surface area (Å²) in [5.41, 5.74) is 0. The highest BCUT2D eigenvalue weighted by Crippen LogP contribution is 2.47. The van der Waals surface area contributed by atoms with Crippen molar-refractivity contribution in [1.82, 2.24) is 0 Å². The van der Waals surface area contributed by atoms with Crippen LogP contribution >= 0.6 is 0 Å². The van der Waals surface area contributed by atoms with Gasteiger partial charge in [-0.25, -0.2) is 0 Å². The van der Waals surface area contributed by atoms with E-state index in [-0.39, 0.29) is 0 Å². The first-order valence-electron chi connectivity index (χ1n) is 4.62. The van der Waals surface area contributed by atoms with Gasteiger partial charge in [-0.3, -0.25) is 0 Å². The molecule has 0 aliphatic heterocycles. The molecule has 2 aliphatic rings. The molecular weight excluding hydrogens is 132 g/mol. The average Bonchev–Trinajstić information content (AvgIpc) is 2.54. The number of hydrogen-bond acceptors (Lipinski definition) is 0. The molecule has 1 saturated carbocycles. The van der Waals surface area contributed by atoms with Gasteiger partial charge in [-0.2, -0.15) is 0 Å². The van der Waals surface area contributed by atoms with Crippen LogP contribution in [0.1, 0.15) is 19.8 Å². The minimum atomic E-state index is 0.772. The molecule has 60 valence electrons. The van der Waals surface area contributed by atoms with Gasteiger partial charge in [0.05, 0.1) is 0 Å². The first-order chi connectivity index (χ1) is 5.33. The Morgan fingerprint density at radius 3 is 3.09 bits per heavy atom. The average molecular weight is 148 g/mol. The predicted molar refractivity (Wildman–Crippen MR) is 48.2 cm³/mol. The molecule has 2 rings (SSSR count). The first kappa shape index (κ1) is 7.15. The Bertz CT molecular complexity index is 190. The van der Waals surface area contributed by atoms with Crippen LogP contribution < -0.4 is 0 Å². The lowest BCUT2D eigenvalue weighted by molar-refractivity contribution is 0.388. The van der Waals surface area contributed by atoms with Gasteiger partial charge in [-0.1, -0.05) is 25.2 Å². The minimum Gasteiger partial charge on any atom is -0.103 e. The Kier molecular flexibility index (Phi) is 1.63. The fourth-order valence-corrected chi connectivity index (χ4v) is 2.78. The van der Waals surface area contributed by atoms with Gasteiger partial charge in [0, 0.05) is 0 Å². The molecule has 0 radical (unpaired) electrons. The summed E-state index contributed by atoms with van der Waals surface area (Å²) in [5, 5.41) is 0. The smallest absolute Gasteiger partial charge is 0.0137 e. The van der Waals surface area contributed by atoms with Crippen LogP contribution in [0.2, 0.25) is 0 Å². The highest BCUT2D eigenvalue weighted by Gasteiger charge is 2.39. The van der Waals surface area contributed by atoms with Gasteiger partial charge in [0.15, 0.2) is 0 Å². The van der Waals surface area contributed by atoms with Crippen molar-refractivity contribution in [3.63, 3.8) is 0 Å². The van der Waals surface area contributed by atoms with Crippen LogP contribution in [-0.2, 0) is 0 Å². The third-order valence-electron chi connectivity index (χ3n) is 3.43. The number of hydrogen-bond donors (Lipinski definition) is 0. The van der Waals surface area contributed by atoms with E-state index in [1.54, 1.807) is 0 Å². The standard InChI is InChI=1S/C11H16/c1-3-9-7-8(2)10-5-4-6-11(9)10/h3-4,6,8-11H,1,5,7H2,2H3. The Hall–Kier alpha value is -0.520. The van der Waals surface area contributed by atoms with Gasteiger partial charge in [-0.05, 0) is 36.5 Å². The highest BCUT2D eigenvalue weighted by molar-refractivity contribution is 5.11. The Balaban J connectivity index is 2.18. The van der Waals surface area contributed by atoms with E-state index < -0.39 is 0 Å². The molecule has 11 heavy (non-hydrogen) atoms. The second-order valence-electron chi connectivity index (χ2n) is 4.02. The van der Waals surface area contributed by atoms with Gasteiger partial charge in [-0.15, -0.1) is 6.58 Å². The summed E-state index contributed by atoms with van der Waals surface area (Å²) in [6.07, 6.45) is 9.58. The molecule has 0 aromatic rings. The van der Waals surface area contributed by atoms with Crippen molar-refractivity contribution in [2.24, 2.45) is 23.7 Å². The molecule has 0 nitrogen and oxygen atoms in total. The van der Waals surface area contributed by atoms with E-state index >= 15 is 0 Å². The zero-order chi connectivity index (χ0) is 7.84. The summed E-state index contributed by atoms with van der Waals surface area (Å²) in [6, 6.07) is 0. The molecule has 0 heterocycles. The largest absolute Gasteiger partial charge is 0.103 e. The van der Waals surface area contributed by atoms with E-state index in [1.807, 2.05) is 0 Å². The van der Waals surface area contributed by atoms with Crippen LogP contribution in [0, 0.1) is 23.7 Å². The maximum absolute atomic E-state index is 3.90. The third-order valence-corrected chi connectivity index (χ3v) is 3.43. The minimum absolute atomic E-state index is 0.772. The topological polar surface area (TPSA) is 0 Å². The zero-order valence-corrected chi connectivity index (χ0v) is 7.16. The number of fused-ring (bicyclic) bond motifs is 1. The van der Waals surface area contributed by atoms with E-state index in [9.17, 15) is 0 Å². The van der Waals surface area contributed by atoms with E-state index in [1.165, 1.54) is 12.8 Å². The van der Waals surface area contributed by atoms with Gasteiger partial charge in [0.25, 0.3) is 0 Å². The van der Waals surface area contributed by atoms with Gasteiger partial charge in [0.2, 0.25) is 0 Å². The summed E-state index contributed by atoms with van der Waals surface area (Å²) in [6.45, 7) is 6.29. The van der Waals surface area contributed by atoms with Crippen LogP contribution in [0.25, 0.3) is 0 Å². The van der Waals surface area contributed by atoms with Crippen LogP contribution in [-0.4, -0.2) is 0 Å². The lowest BCUT2D eigenvalue weighted by atomic mass is 9.91. The van der Waals surface area contributed by atoms with Crippen molar-refractivity contribution in [1.29, 1.82) is 0 Å². The molecule has 1 fully saturated rings. The summed E-state index contributed by atoms with van der Waals surface area (Å²) < 4.78 is 0. The Labute approximate surface area is 69.0 Å². The van der Waals surface area contributed by atoms with Crippen molar-refractivity contribution in [2.75, 3.05) is 0 Å². The summed E-state index contributed by atoms with van der Waals surface area (Å²) in [4.78, 5) is 0. The quantitative estimate of drug-likeness (QED) is 0.501. The van der Waals surface area contributed by atoms with E-state index in [0.717, 1.165) is 23.7 Å². The third kappa shape index (κ3) is 0.962. The second-order valence-corrected chi connectivity index (χ2v) is 4.02. The Morgan fingerprint density at radius 1 is 1.55 bits per heavy atom. The summed E-state index contributed by atoms with van der Waals surface area (Å²) in [7, 11) is 0. The van der Waals surface area contributed by atoms with Gasteiger partial charge >= 0.3 is 0 Å². The fourth-order valence-electron chi connectivity index (χ4n) is 2.78. The molecule has 4 unspecified atom stereocenters. The van der Waals surface area contributed by atoms with Gasteiger partial charge in [0.1, 0.15) is 0 Å². The molecule has 4 atom stereocenters. The molecule has 0 N–H and O–H groups in total. The maximum atomic E-state index is 3.90. The van der Waals surface area contributed by atoms with Crippen molar-refractivity contribution >= 4 is 0 Å². The highest BCUT2D eigenvalue weighted by atomic mass is 14.4. The molecule has 0 aromatic heterocycles. The van der Waals surface area contributed by atoms with Crippen LogP contribution in [0.15, 0.2) is 24.8 Å². The molecule has 0 heteroatoms. The van der Waals surface area contributed by atoms with E-state index in [4.69, 9.17) is 0 Å². The lowest BCUT2D eigenvalue weighted by Gasteiger charge is -2.14. The fraction of sp³-hybridized carbons (Fsp3) is 0.636. The summed E-state index contributed by atoms with van der Waals surface area (Å²) >= 11 is 0. The molecular formula is C11H16. The molecule has 2 aliphatic carbocycles. The zero-order valence-electron chi connectivity index (χ0n) is 7.16. The first-order valence-corrected chi connectivity index (χ1v) is 4.62. The van der Waals surface area contributed by atoms with Crippen molar-refractivity contribution in [3.05, 3.63) is 24.8 Å². The predicted octanol–water partition coefficient (Wildman–Crippen LogP) is 3.02. The number of rotatable bonds is 1. The van der Waals surface area contributed by atoms with Gasteiger partial charge < -0.3 is 0 Å². The normalized spacial score (nSPS) is 47.7. The molecule has 0 spiro atoms. The van der Waals surface area contributed by atoms with Crippen molar-refractivity contribution in [2.45, 2.75) is 19.8 Å². The summed E-state index contributed by atoms with van der Waals surface area (Å²) in [5.74, 6) is 3.47.